The topological polar surface area (TPSA) is 49.8 Å². The zero-order valence-electron chi connectivity index (χ0n) is 24.1. The fraction of sp³-hybridized carbons (Fsp3) is 0.441. The molecular weight excluding hydrogens is 527 g/mol. The fourth-order valence-corrected chi connectivity index (χ4v) is 5.82. The van der Waals surface area contributed by atoms with E-state index in [0.29, 0.717) is 17.5 Å². The molecule has 0 spiro atoms. The molecule has 1 aliphatic rings. The molecule has 1 heterocycles. The molecule has 1 aliphatic heterocycles. The molecule has 1 atom stereocenters. The van der Waals surface area contributed by atoms with Gasteiger partial charge in [0.25, 0.3) is 0 Å². The van der Waals surface area contributed by atoms with E-state index in [0.717, 1.165) is 43.5 Å². The summed E-state index contributed by atoms with van der Waals surface area (Å²) in [7, 11) is 0. The van der Waals surface area contributed by atoms with Gasteiger partial charge in [0.2, 0.25) is 0 Å². The molecular formula is C34H40F3NO3. The van der Waals surface area contributed by atoms with Crippen molar-refractivity contribution in [3.05, 3.63) is 107 Å². The predicted octanol–water partition coefficient (Wildman–Crippen LogP) is 7.83. The van der Waals surface area contributed by atoms with E-state index in [1.54, 1.807) is 60.7 Å². The first-order valence-corrected chi connectivity index (χ1v) is 14.4. The number of esters is 1. The van der Waals surface area contributed by atoms with E-state index in [-0.39, 0.29) is 18.3 Å². The molecule has 4 nitrogen and oxygen atoms in total. The summed E-state index contributed by atoms with van der Waals surface area (Å²) in [5.41, 5.74) is -0.259. The third kappa shape index (κ3) is 7.02. The van der Waals surface area contributed by atoms with Crippen LogP contribution in [0.2, 0.25) is 0 Å². The summed E-state index contributed by atoms with van der Waals surface area (Å²) in [6, 6.07) is 25.1. The van der Waals surface area contributed by atoms with Crippen molar-refractivity contribution in [3.63, 3.8) is 0 Å². The summed E-state index contributed by atoms with van der Waals surface area (Å²) in [4.78, 5) is 14.4. The molecule has 0 amide bonds. The number of hydrogen-bond acceptors (Lipinski definition) is 4. The van der Waals surface area contributed by atoms with Gasteiger partial charge in [-0.15, -0.1) is 0 Å². The standard InChI is InChI=1S/C34H40F3NO3/c1-31(2,3)26-18-20-29(21-19-26)33(40,38-24-11-6-12-25-38)23-13-22-32(27-14-7-4-8-15-27,28-16-9-5-10-17-28)41-30(39)34(35,36)37/h4-5,7-10,14-21,40H,6,11-13,22-25H2,1-3H3. The van der Waals surface area contributed by atoms with Crippen molar-refractivity contribution >= 4 is 5.97 Å². The van der Waals surface area contributed by atoms with Gasteiger partial charge in [0.15, 0.2) is 5.60 Å². The molecule has 0 aliphatic carbocycles. The zero-order chi connectivity index (χ0) is 29.7. The second kappa shape index (κ2) is 12.4. The lowest BCUT2D eigenvalue weighted by Gasteiger charge is -2.43. The fourth-order valence-electron chi connectivity index (χ4n) is 5.82. The number of alkyl halides is 3. The Morgan fingerprint density at radius 1 is 0.732 bits per heavy atom. The number of hydrogen-bond donors (Lipinski definition) is 1. The maximum absolute atomic E-state index is 13.6. The Bertz CT molecular complexity index is 1230. The summed E-state index contributed by atoms with van der Waals surface area (Å²) < 4.78 is 46.2. The molecule has 0 aromatic heterocycles. The lowest BCUT2D eigenvalue weighted by molar-refractivity contribution is -0.213. The second-order valence-electron chi connectivity index (χ2n) is 12.0. The van der Waals surface area contributed by atoms with Crippen LogP contribution in [0.4, 0.5) is 13.2 Å². The van der Waals surface area contributed by atoms with Crippen LogP contribution in [0.15, 0.2) is 84.9 Å². The highest BCUT2D eigenvalue weighted by Gasteiger charge is 2.48. The molecule has 0 radical (unpaired) electrons. The van der Waals surface area contributed by atoms with E-state index >= 15 is 0 Å². The number of ether oxygens (including phenoxy) is 1. The first-order valence-electron chi connectivity index (χ1n) is 14.4. The lowest BCUT2D eigenvalue weighted by Crippen LogP contribution is -2.49. The maximum atomic E-state index is 13.6. The van der Waals surface area contributed by atoms with E-state index in [2.05, 4.69) is 25.7 Å². The largest absolute Gasteiger partial charge is 0.490 e. The quantitative estimate of drug-likeness (QED) is 0.268. The van der Waals surface area contributed by atoms with Crippen LogP contribution in [0.3, 0.4) is 0 Å². The minimum absolute atomic E-state index is 0.0465. The van der Waals surface area contributed by atoms with Gasteiger partial charge < -0.3 is 9.84 Å². The summed E-state index contributed by atoms with van der Waals surface area (Å²) in [6.07, 6.45) is -1.53. The molecule has 1 unspecified atom stereocenters. The van der Waals surface area contributed by atoms with Crippen molar-refractivity contribution in [1.82, 2.24) is 4.90 Å². The third-order valence-electron chi connectivity index (χ3n) is 8.13. The number of carbonyl (C=O) groups is 1. The van der Waals surface area contributed by atoms with E-state index < -0.39 is 23.5 Å². The molecule has 3 aromatic carbocycles. The van der Waals surface area contributed by atoms with Gasteiger partial charge in [0, 0.05) is 24.2 Å². The average Bonchev–Trinajstić information content (AvgIpc) is 2.97. The van der Waals surface area contributed by atoms with E-state index in [1.807, 2.05) is 24.3 Å². The third-order valence-corrected chi connectivity index (χ3v) is 8.13. The minimum atomic E-state index is -5.15. The molecule has 0 bridgehead atoms. The van der Waals surface area contributed by atoms with E-state index in [4.69, 9.17) is 4.74 Å². The lowest BCUT2D eigenvalue weighted by atomic mass is 9.80. The highest BCUT2D eigenvalue weighted by molar-refractivity contribution is 5.76. The normalized spacial score (nSPS) is 16.7. The number of likely N-dealkylation sites (tertiary alicyclic amines) is 1. The number of nitrogens with zero attached hydrogens (tertiary/aromatic N) is 1. The van der Waals surface area contributed by atoms with E-state index in [9.17, 15) is 23.1 Å². The van der Waals surface area contributed by atoms with Gasteiger partial charge in [-0.05, 0) is 48.6 Å². The summed E-state index contributed by atoms with van der Waals surface area (Å²) in [5, 5.41) is 12.3. The van der Waals surface area contributed by atoms with Gasteiger partial charge in [-0.1, -0.05) is 112 Å². The molecule has 41 heavy (non-hydrogen) atoms. The van der Waals surface area contributed by atoms with Crippen molar-refractivity contribution in [1.29, 1.82) is 0 Å². The first kappa shape index (κ1) is 30.8. The van der Waals surface area contributed by atoms with Gasteiger partial charge >= 0.3 is 12.1 Å². The number of halogens is 3. The van der Waals surface area contributed by atoms with Gasteiger partial charge in [0.1, 0.15) is 5.72 Å². The zero-order valence-corrected chi connectivity index (χ0v) is 24.1. The molecule has 220 valence electrons. The van der Waals surface area contributed by atoms with Crippen molar-refractivity contribution in [3.8, 4) is 0 Å². The molecule has 0 saturated carbocycles. The van der Waals surface area contributed by atoms with Gasteiger partial charge in [-0.3, -0.25) is 4.90 Å². The molecule has 7 heteroatoms. The number of rotatable bonds is 9. The van der Waals surface area contributed by atoms with Gasteiger partial charge in [-0.25, -0.2) is 4.79 Å². The Morgan fingerprint density at radius 2 is 1.22 bits per heavy atom. The Morgan fingerprint density at radius 3 is 1.68 bits per heavy atom. The predicted molar refractivity (Wildman–Crippen MR) is 154 cm³/mol. The maximum Gasteiger partial charge on any atom is 0.490 e. The van der Waals surface area contributed by atoms with Gasteiger partial charge in [-0.2, -0.15) is 13.2 Å². The Labute approximate surface area is 241 Å². The Kier molecular flexibility index (Phi) is 9.29. The number of carbonyl (C=O) groups excluding carboxylic acids is 1. The van der Waals surface area contributed by atoms with Crippen LogP contribution in [0.25, 0.3) is 0 Å². The summed E-state index contributed by atoms with van der Waals surface area (Å²) in [5.74, 6) is -2.24. The monoisotopic (exact) mass is 567 g/mol. The van der Waals surface area contributed by atoms with Crippen molar-refractivity contribution in [2.24, 2.45) is 0 Å². The number of piperidine rings is 1. The number of benzene rings is 3. The van der Waals surface area contributed by atoms with Crippen LogP contribution in [0, 0.1) is 0 Å². The molecule has 1 N–H and O–H groups in total. The first-order chi connectivity index (χ1) is 19.4. The van der Waals surface area contributed by atoms with Crippen LogP contribution in [0.1, 0.15) is 81.5 Å². The summed E-state index contributed by atoms with van der Waals surface area (Å²) in [6.45, 7) is 7.85. The van der Waals surface area contributed by atoms with Gasteiger partial charge in [0.05, 0.1) is 0 Å². The minimum Gasteiger partial charge on any atom is -0.443 e. The number of aliphatic hydroxyl groups is 1. The average molecular weight is 568 g/mol. The highest BCUT2D eigenvalue weighted by Crippen LogP contribution is 2.43. The SMILES string of the molecule is CC(C)(C)c1ccc(C(O)(CCCC(OC(=O)C(F)(F)F)(c2ccccc2)c2ccccc2)N2CCCCC2)cc1. The van der Waals surface area contributed by atoms with Crippen LogP contribution >= 0.6 is 0 Å². The van der Waals surface area contributed by atoms with Crippen molar-refractivity contribution < 1.29 is 27.8 Å². The molecule has 1 fully saturated rings. The van der Waals surface area contributed by atoms with Crippen molar-refractivity contribution in [2.75, 3.05) is 13.1 Å². The Balaban J connectivity index is 1.72. The van der Waals surface area contributed by atoms with Crippen LogP contribution in [-0.4, -0.2) is 35.2 Å². The molecule has 3 aromatic rings. The highest BCUT2D eigenvalue weighted by atomic mass is 19.4. The molecule has 1 saturated heterocycles. The second-order valence-corrected chi connectivity index (χ2v) is 12.0. The van der Waals surface area contributed by atoms with Crippen molar-refractivity contribution in [2.45, 2.75) is 82.2 Å². The Hall–Kier alpha value is -3.16. The molecule has 4 rings (SSSR count). The smallest absolute Gasteiger partial charge is 0.443 e. The summed E-state index contributed by atoms with van der Waals surface area (Å²) >= 11 is 0. The van der Waals surface area contributed by atoms with Crippen LogP contribution in [0.5, 0.6) is 0 Å². The van der Waals surface area contributed by atoms with E-state index in [1.165, 1.54) is 0 Å². The van der Waals surface area contributed by atoms with Crippen LogP contribution in [-0.2, 0) is 26.3 Å². The van der Waals surface area contributed by atoms with Crippen LogP contribution < -0.4 is 0 Å².